The molecule has 24 heavy (non-hydrogen) atoms. The zero-order valence-electron chi connectivity index (χ0n) is 13.8. The molecule has 5 nitrogen and oxygen atoms in total. The minimum Gasteiger partial charge on any atom is -0.374 e. The van der Waals surface area contributed by atoms with Gasteiger partial charge in [-0.15, -0.1) is 0 Å². The Bertz CT molecular complexity index is 662. The molecule has 1 aliphatic rings. The van der Waals surface area contributed by atoms with Crippen LogP contribution in [0.4, 0.5) is 10.5 Å². The SMILES string of the molecule is Cc1ccc(-c2ccc(NC(=O)NCC3CNCCO3)cc2)cc1. The lowest BCUT2D eigenvalue weighted by molar-refractivity contribution is 0.0310. The molecular formula is C19H23N3O2. The van der Waals surface area contributed by atoms with Gasteiger partial charge in [0.2, 0.25) is 0 Å². The molecule has 3 N–H and O–H groups in total. The van der Waals surface area contributed by atoms with Crippen LogP contribution in [0.1, 0.15) is 5.56 Å². The van der Waals surface area contributed by atoms with E-state index in [1.54, 1.807) is 0 Å². The van der Waals surface area contributed by atoms with Gasteiger partial charge in [-0.25, -0.2) is 4.79 Å². The number of nitrogens with one attached hydrogen (secondary N) is 3. The summed E-state index contributed by atoms with van der Waals surface area (Å²) >= 11 is 0. The summed E-state index contributed by atoms with van der Waals surface area (Å²) in [5.74, 6) is 0. The van der Waals surface area contributed by atoms with Gasteiger partial charge in [0.1, 0.15) is 0 Å². The van der Waals surface area contributed by atoms with Crippen molar-refractivity contribution in [2.45, 2.75) is 13.0 Å². The molecule has 0 spiro atoms. The molecule has 3 rings (SSSR count). The number of aryl methyl sites for hydroxylation is 1. The number of carbonyl (C=O) groups is 1. The first kappa shape index (κ1) is 16.5. The molecule has 0 radical (unpaired) electrons. The Labute approximate surface area is 142 Å². The molecule has 1 atom stereocenters. The number of urea groups is 1. The van der Waals surface area contributed by atoms with E-state index in [-0.39, 0.29) is 12.1 Å². The van der Waals surface area contributed by atoms with Crippen LogP contribution in [-0.4, -0.2) is 38.4 Å². The Morgan fingerprint density at radius 3 is 2.42 bits per heavy atom. The first-order valence-corrected chi connectivity index (χ1v) is 8.25. The molecule has 0 aliphatic carbocycles. The second-order valence-corrected chi connectivity index (χ2v) is 5.98. The zero-order valence-corrected chi connectivity index (χ0v) is 13.8. The van der Waals surface area contributed by atoms with Crippen LogP contribution in [0.5, 0.6) is 0 Å². The van der Waals surface area contributed by atoms with E-state index in [4.69, 9.17) is 4.74 Å². The van der Waals surface area contributed by atoms with E-state index in [2.05, 4.69) is 47.1 Å². The van der Waals surface area contributed by atoms with Crippen molar-refractivity contribution < 1.29 is 9.53 Å². The Morgan fingerprint density at radius 1 is 1.12 bits per heavy atom. The fourth-order valence-electron chi connectivity index (χ4n) is 2.62. The van der Waals surface area contributed by atoms with E-state index in [9.17, 15) is 4.79 Å². The Balaban J connectivity index is 1.51. The maximum absolute atomic E-state index is 11.9. The highest BCUT2D eigenvalue weighted by atomic mass is 16.5. The predicted molar refractivity (Wildman–Crippen MR) is 96.2 cm³/mol. The van der Waals surface area contributed by atoms with Crippen LogP contribution < -0.4 is 16.0 Å². The van der Waals surface area contributed by atoms with Crippen molar-refractivity contribution >= 4 is 11.7 Å². The molecule has 5 heteroatoms. The van der Waals surface area contributed by atoms with Crippen LogP contribution in [0.25, 0.3) is 11.1 Å². The van der Waals surface area contributed by atoms with Gasteiger partial charge in [-0.05, 0) is 30.2 Å². The number of ether oxygens (including phenoxy) is 1. The topological polar surface area (TPSA) is 62.4 Å². The standard InChI is InChI=1S/C19H23N3O2/c1-14-2-4-15(5-3-14)16-6-8-17(9-7-16)22-19(23)21-13-18-12-20-10-11-24-18/h2-9,18,20H,10-13H2,1H3,(H2,21,22,23). The van der Waals surface area contributed by atoms with Crippen molar-refractivity contribution in [2.24, 2.45) is 0 Å². The average Bonchev–Trinajstić information content (AvgIpc) is 2.62. The van der Waals surface area contributed by atoms with Gasteiger partial charge in [0.25, 0.3) is 0 Å². The highest BCUT2D eigenvalue weighted by molar-refractivity contribution is 5.89. The second-order valence-electron chi connectivity index (χ2n) is 5.98. The molecular weight excluding hydrogens is 302 g/mol. The van der Waals surface area contributed by atoms with Gasteiger partial charge in [0.05, 0.1) is 12.7 Å². The Kier molecular flexibility index (Phi) is 5.46. The fraction of sp³-hybridized carbons (Fsp3) is 0.316. The summed E-state index contributed by atoms with van der Waals surface area (Å²) in [7, 11) is 0. The first-order chi connectivity index (χ1) is 11.7. The minimum absolute atomic E-state index is 0.0356. The summed E-state index contributed by atoms with van der Waals surface area (Å²) in [6.45, 7) is 4.90. The van der Waals surface area contributed by atoms with E-state index >= 15 is 0 Å². The number of hydrogen-bond acceptors (Lipinski definition) is 3. The third kappa shape index (κ3) is 4.57. The van der Waals surface area contributed by atoms with Gasteiger partial charge in [0.15, 0.2) is 0 Å². The highest BCUT2D eigenvalue weighted by Crippen LogP contribution is 2.21. The van der Waals surface area contributed by atoms with Gasteiger partial charge >= 0.3 is 6.03 Å². The van der Waals surface area contributed by atoms with Crippen LogP contribution in [0.3, 0.4) is 0 Å². The van der Waals surface area contributed by atoms with Crippen LogP contribution >= 0.6 is 0 Å². The maximum Gasteiger partial charge on any atom is 0.319 e. The predicted octanol–water partition coefficient (Wildman–Crippen LogP) is 2.77. The van der Waals surface area contributed by atoms with Gasteiger partial charge in [-0.3, -0.25) is 0 Å². The average molecular weight is 325 g/mol. The molecule has 1 saturated heterocycles. The van der Waals surface area contributed by atoms with Crippen LogP contribution in [0.2, 0.25) is 0 Å². The third-order valence-electron chi connectivity index (χ3n) is 4.02. The van der Waals surface area contributed by atoms with Crippen molar-refractivity contribution in [2.75, 3.05) is 31.6 Å². The Morgan fingerprint density at radius 2 is 1.79 bits per heavy atom. The molecule has 0 bridgehead atoms. The molecule has 1 heterocycles. The van der Waals surface area contributed by atoms with E-state index in [1.165, 1.54) is 11.1 Å². The molecule has 1 fully saturated rings. The minimum atomic E-state index is -0.216. The smallest absolute Gasteiger partial charge is 0.319 e. The number of morpholine rings is 1. The zero-order chi connectivity index (χ0) is 16.8. The van der Waals surface area contributed by atoms with E-state index < -0.39 is 0 Å². The molecule has 2 amide bonds. The van der Waals surface area contributed by atoms with E-state index in [1.807, 2.05) is 24.3 Å². The van der Waals surface area contributed by atoms with Crippen LogP contribution in [0.15, 0.2) is 48.5 Å². The van der Waals surface area contributed by atoms with Gasteiger partial charge in [-0.1, -0.05) is 42.0 Å². The quantitative estimate of drug-likeness (QED) is 0.810. The molecule has 126 valence electrons. The molecule has 1 unspecified atom stereocenters. The molecule has 0 saturated carbocycles. The lowest BCUT2D eigenvalue weighted by Gasteiger charge is -2.23. The first-order valence-electron chi connectivity index (χ1n) is 8.25. The summed E-state index contributed by atoms with van der Waals surface area (Å²) in [5.41, 5.74) is 4.30. The number of rotatable bonds is 4. The lowest BCUT2D eigenvalue weighted by Crippen LogP contribution is -2.45. The molecule has 0 aromatic heterocycles. The highest BCUT2D eigenvalue weighted by Gasteiger charge is 2.14. The summed E-state index contributed by atoms with van der Waals surface area (Å²) in [4.78, 5) is 11.9. The monoisotopic (exact) mass is 325 g/mol. The number of benzene rings is 2. The van der Waals surface area contributed by atoms with Crippen LogP contribution in [0, 0.1) is 6.92 Å². The summed E-state index contributed by atoms with van der Waals surface area (Å²) in [5, 5.41) is 8.92. The fourth-order valence-corrected chi connectivity index (χ4v) is 2.62. The van der Waals surface area contributed by atoms with Crippen molar-refractivity contribution in [1.29, 1.82) is 0 Å². The largest absolute Gasteiger partial charge is 0.374 e. The van der Waals surface area contributed by atoms with Gasteiger partial charge < -0.3 is 20.7 Å². The second kappa shape index (κ2) is 7.95. The number of amides is 2. The number of carbonyl (C=O) groups excluding carboxylic acids is 1. The summed E-state index contributed by atoms with van der Waals surface area (Å²) in [6.07, 6.45) is 0.0356. The molecule has 2 aromatic rings. The number of hydrogen-bond donors (Lipinski definition) is 3. The van der Waals surface area contributed by atoms with Crippen molar-refractivity contribution in [3.8, 4) is 11.1 Å². The van der Waals surface area contributed by atoms with Crippen molar-refractivity contribution in [1.82, 2.24) is 10.6 Å². The van der Waals surface area contributed by atoms with E-state index in [0.717, 1.165) is 24.3 Å². The van der Waals surface area contributed by atoms with Crippen molar-refractivity contribution in [3.63, 3.8) is 0 Å². The summed E-state index contributed by atoms with van der Waals surface area (Å²) < 4.78 is 5.55. The normalized spacial score (nSPS) is 17.3. The van der Waals surface area contributed by atoms with Crippen LogP contribution in [-0.2, 0) is 4.74 Å². The Hall–Kier alpha value is -2.37. The van der Waals surface area contributed by atoms with Gasteiger partial charge in [0, 0.05) is 25.3 Å². The number of anilines is 1. The van der Waals surface area contributed by atoms with Crippen molar-refractivity contribution in [3.05, 3.63) is 54.1 Å². The third-order valence-corrected chi connectivity index (χ3v) is 4.02. The summed E-state index contributed by atoms with van der Waals surface area (Å²) in [6, 6.07) is 16.0. The van der Waals surface area contributed by atoms with Gasteiger partial charge in [-0.2, -0.15) is 0 Å². The van der Waals surface area contributed by atoms with E-state index in [0.29, 0.717) is 13.2 Å². The molecule has 2 aromatic carbocycles. The maximum atomic E-state index is 11.9. The molecule has 1 aliphatic heterocycles. The lowest BCUT2D eigenvalue weighted by atomic mass is 10.0.